The summed E-state index contributed by atoms with van der Waals surface area (Å²) in [5.41, 5.74) is 0.967. The van der Waals surface area contributed by atoms with Crippen LogP contribution >= 0.6 is 0 Å². The molecule has 0 saturated carbocycles. The van der Waals surface area contributed by atoms with Crippen molar-refractivity contribution in [3.63, 3.8) is 0 Å². The van der Waals surface area contributed by atoms with Gasteiger partial charge in [0.2, 0.25) is 0 Å². The summed E-state index contributed by atoms with van der Waals surface area (Å²) >= 11 is 0. The van der Waals surface area contributed by atoms with Crippen LogP contribution in [-0.2, 0) is 40.2 Å². The van der Waals surface area contributed by atoms with E-state index in [0.717, 1.165) is 24.7 Å². The summed E-state index contributed by atoms with van der Waals surface area (Å²) in [6, 6.07) is 9.63. The molecule has 1 unspecified atom stereocenters. The van der Waals surface area contributed by atoms with Gasteiger partial charge >= 0.3 is 0 Å². The maximum Gasteiger partial charge on any atom is 0.264 e. The summed E-state index contributed by atoms with van der Waals surface area (Å²) in [6.45, 7) is 3.23. The minimum Gasteiger partial charge on any atom is -0.379 e. The number of sulfone groups is 1. The maximum absolute atomic E-state index is 12.6. The van der Waals surface area contributed by atoms with Crippen LogP contribution in [-0.4, -0.2) is 60.5 Å². The molecule has 41 heavy (non-hydrogen) atoms. The van der Waals surface area contributed by atoms with Crippen LogP contribution in [0.25, 0.3) is 0 Å². The van der Waals surface area contributed by atoms with E-state index in [0.29, 0.717) is 13.2 Å². The summed E-state index contributed by atoms with van der Waals surface area (Å²) in [5, 5.41) is 0. The second kappa shape index (κ2) is 24.4. The van der Waals surface area contributed by atoms with Crippen LogP contribution < -0.4 is 0 Å². The third kappa shape index (κ3) is 25.2. The average Bonchev–Trinajstić information content (AvgIpc) is 2.93. The van der Waals surface area contributed by atoms with E-state index in [1.165, 1.54) is 89.9 Å². The van der Waals surface area contributed by atoms with Crippen molar-refractivity contribution in [1.29, 1.82) is 0 Å². The fourth-order valence-corrected chi connectivity index (χ4v) is 6.66. The van der Waals surface area contributed by atoms with Gasteiger partial charge in [0.1, 0.15) is 0 Å². The molecule has 0 radical (unpaired) electrons. The predicted molar refractivity (Wildman–Crippen MR) is 169 cm³/mol. The van der Waals surface area contributed by atoms with Gasteiger partial charge in [0.25, 0.3) is 10.1 Å². The summed E-state index contributed by atoms with van der Waals surface area (Å²) in [4.78, 5) is 0. The molecule has 0 bridgehead atoms. The van der Waals surface area contributed by atoms with Gasteiger partial charge in [-0.15, -0.1) is 0 Å². The fraction of sp³-hybridized carbons (Fsp3) is 0.812. The Hall–Kier alpha value is -1.00. The van der Waals surface area contributed by atoms with E-state index in [2.05, 4.69) is 11.1 Å². The Morgan fingerprint density at radius 1 is 0.659 bits per heavy atom. The van der Waals surface area contributed by atoms with E-state index in [9.17, 15) is 16.8 Å². The highest BCUT2D eigenvalue weighted by molar-refractivity contribution is 7.91. The Morgan fingerprint density at radius 2 is 1.17 bits per heavy atom. The van der Waals surface area contributed by atoms with E-state index in [-0.39, 0.29) is 31.1 Å². The Kier molecular flexibility index (Phi) is 22.7. The molecule has 0 heterocycles. The smallest absolute Gasteiger partial charge is 0.264 e. The zero-order valence-electron chi connectivity index (χ0n) is 25.9. The normalized spacial score (nSPS) is 13.0. The van der Waals surface area contributed by atoms with Crippen molar-refractivity contribution in [2.45, 2.75) is 129 Å². The number of hydrogen-bond acceptors (Lipinski definition) is 7. The van der Waals surface area contributed by atoms with Crippen molar-refractivity contribution in [3.8, 4) is 0 Å². The first kappa shape index (κ1) is 38.0. The molecular weight excluding hydrogens is 560 g/mol. The molecule has 0 fully saturated rings. The molecule has 240 valence electrons. The molecule has 0 aliphatic carbocycles. The van der Waals surface area contributed by atoms with Crippen molar-refractivity contribution in [3.05, 3.63) is 35.9 Å². The van der Waals surface area contributed by atoms with E-state index in [4.69, 9.17) is 9.47 Å². The highest BCUT2D eigenvalue weighted by Gasteiger charge is 2.21. The monoisotopic (exact) mass is 618 g/mol. The highest BCUT2D eigenvalue weighted by atomic mass is 32.2. The van der Waals surface area contributed by atoms with Crippen LogP contribution in [0.5, 0.6) is 0 Å². The Morgan fingerprint density at radius 3 is 1.68 bits per heavy atom. The highest BCUT2D eigenvalue weighted by Crippen LogP contribution is 2.14. The van der Waals surface area contributed by atoms with Gasteiger partial charge in [0.05, 0.1) is 43.7 Å². The third-order valence-corrected chi connectivity index (χ3v) is 9.50. The molecule has 0 saturated heterocycles. The van der Waals surface area contributed by atoms with Crippen LogP contribution in [0.2, 0.25) is 0 Å². The van der Waals surface area contributed by atoms with Crippen LogP contribution in [0.4, 0.5) is 0 Å². The molecule has 9 heteroatoms. The van der Waals surface area contributed by atoms with E-state index < -0.39 is 26.1 Å². The molecule has 1 aromatic carbocycles. The summed E-state index contributed by atoms with van der Waals surface area (Å²) in [7, 11) is -7.04. The van der Waals surface area contributed by atoms with Crippen molar-refractivity contribution in [1.82, 2.24) is 0 Å². The van der Waals surface area contributed by atoms with Gasteiger partial charge in [-0.1, -0.05) is 134 Å². The molecule has 1 aromatic rings. The zero-order chi connectivity index (χ0) is 30.1. The zero-order valence-corrected chi connectivity index (χ0v) is 27.5. The average molecular weight is 619 g/mol. The lowest BCUT2D eigenvalue weighted by Gasteiger charge is -2.18. The van der Waals surface area contributed by atoms with Gasteiger partial charge in [-0.05, 0) is 18.4 Å². The lowest BCUT2D eigenvalue weighted by molar-refractivity contribution is -0.0137. The van der Waals surface area contributed by atoms with Crippen molar-refractivity contribution < 1.29 is 30.5 Å². The number of hydrogen-bond donors (Lipinski definition) is 0. The summed E-state index contributed by atoms with van der Waals surface area (Å²) in [6.07, 6.45) is 21.5. The fourth-order valence-electron chi connectivity index (χ4n) is 4.76. The molecular formula is C32H58O7S2. The second-order valence-corrected chi connectivity index (χ2v) is 15.2. The second-order valence-electron chi connectivity index (χ2n) is 11.3. The lowest BCUT2D eigenvalue weighted by Crippen LogP contribution is -2.30. The molecule has 0 aromatic heterocycles. The molecule has 1 rings (SSSR count). The summed E-state index contributed by atoms with van der Waals surface area (Å²) in [5.74, 6) is -0.329. The van der Waals surface area contributed by atoms with Gasteiger partial charge in [-0.25, -0.2) is 8.42 Å². The van der Waals surface area contributed by atoms with E-state index in [1.807, 2.05) is 30.3 Å². The van der Waals surface area contributed by atoms with E-state index in [1.54, 1.807) is 0 Å². The van der Waals surface area contributed by atoms with Crippen LogP contribution in [0.1, 0.15) is 122 Å². The van der Waals surface area contributed by atoms with Crippen molar-refractivity contribution >= 4 is 20.0 Å². The quantitative estimate of drug-likeness (QED) is 0.0673. The molecule has 0 N–H and O–H groups in total. The minimum absolute atomic E-state index is 0.112. The largest absolute Gasteiger partial charge is 0.379 e. The molecule has 7 nitrogen and oxygen atoms in total. The standard InChI is InChI=1S/C32H58O7S2/c1-3-4-5-6-7-8-9-10-11-12-13-14-15-16-17-21-25-37-29-32(38-28-31-23-19-18-20-24-31)30-41(35,36)27-22-26-39-40(2,33)34/h18-20,23-24,32H,3-17,21-22,25-30H2,1-2H3. The first-order valence-electron chi connectivity index (χ1n) is 16.0. The van der Waals surface area contributed by atoms with Crippen molar-refractivity contribution in [2.24, 2.45) is 0 Å². The minimum atomic E-state index is -3.58. The van der Waals surface area contributed by atoms with Gasteiger partial charge in [0, 0.05) is 6.61 Å². The lowest BCUT2D eigenvalue weighted by atomic mass is 10.0. The summed E-state index contributed by atoms with van der Waals surface area (Å²) < 4.78 is 63.8. The number of benzene rings is 1. The third-order valence-electron chi connectivity index (χ3n) is 7.11. The molecule has 1 atom stereocenters. The topological polar surface area (TPSA) is 96.0 Å². The molecule has 0 amide bonds. The maximum atomic E-state index is 12.6. The Balaban J connectivity index is 2.16. The van der Waals surface area contributed by atoms with Crippen LogP contribution in [0, 0.1) is 0 Å². The Bertz CT molecular complexity index is 934. The van der Waals surface area contributed by atoms with Gasteiger partial charge in [0.15, 0.2) is 9.84 Å². The van der Waals surface area contributed by atoms with E-state index >= 15 is 0 Å². The Labute approximate surface area is 252 Å². The van der Waals surface area contributed by atoms with Crippen LogP contribution in [0.3, 0.4) is 0 Å². The van der Waals surface area contributed by atoms with Gasteiger partial charge < -0.3 is 9.47 Å². The molecule has 0 spiro atoms. The van der Waals surface area contributed by atoms with Crippen LogP contribution in [0.15, 0.2) is 30.3 Å². The first-order chi connectivity index (χ1) is 19.7. The number of rotatable bonds is 29. The van der Waals surface area contributed by atoms with Crippen molar-refractivity contribution in [2.75, 3.05) is 37.6 Å². The first-order valence-corrected chi connectivity index (χ1v) is 19.6. The van der Waals surface area contributed by atoms with Gasteiger partial charge in [-0.3, -0.25) is 4.18 Å². The number of unbranched alkanes of at least 4 members (excludes halogenated alkanes) is 15. The predicted octanol–water partition coefficient (Wildman–Crippen LogP) is 7.63. The van der Waals surface area contributed by atoms with Gasteiger partial charge in [-0.2, -0.15) is 8.42 Å². The molecule has 0 aliphatic heterocycles. The SMILES string of the molecule is CCCCCCCCCCCCCCCCCCOCC(CS(=O)(=O)CCCOS(C)(=O)=O)OCc1ccccc1. The molecule has 0 aliphatic rings. The number of ether oxygens (including phenoxy) is 2.